The van der Waals surface area contributed by atoms with Crippen LogP contribution in [-0.4, -0.2) is 0 Å². The first-order valence-electron chi connectivity index (χ1n) is 6.03. The summed E-state index contributed by atoms with van der Waals surface area (Å²) in [5.41, 5.74) is 2.00. The average molecular weight is 353 g/mol. The van der Waals surface area contributed by atoms with Crippen molar-refractivity contribution in [1.82, 2.24) is 0 Å². The average Bonchev–Trinajstić information content (AvgIpc) is 2.72. The van der Waals surface area contributed by atoms with Crippen LogP contribution in [0.3, 0.4) is 0 Å². The second-order valence-corrected chi connectivity index (χ2v) is 5.07. The topological polar surface area (TPSA) is 0 Å². The minimum absolute atomic E-state index is 0. The van der Waals surface area contributed by atoms with Gasteiger partial charge in [-0.05, 0) is 24.2 Å². The van der Waals surface area contributed by atoms with Crippen LogP contribution in [0.1, 0.15) is 52.4 Å². The SMILES string of the molecule is CC(C)C1(C2=[C-]CC=C2)CCCCC1.Cl.Cl.[Zr]. The molecular formula is C14H23Cl2Zr-. The molecule has 17 heavy (non-hydrogen) atoms. The van der Waals surface area contributed by atoms with Crippen LogP contribution in [0.2, 0.25) is 0 Å². The summed E-state index contributed by atoms with van der Waals surface area (Å²) in [4.78, 5) is 0. The fourth-order valence-electron chi connectivity index (χ4n) is 3.09. The van der Waals surface area contributed by atoms with Gasteiger partial charge in [-0.15, -0.1) is 31.2 Å². The predicted octanol–water partition coefficient (Wildman–Crippen LogP) is 5.12. The summed E-state index contributed by atoms with van der Waals surface area (Å²) in [5, 5.41) is 0. The van der Waals surface area contributed by atoms with Gasteiger partial charge in [0.2, 0.25) is 0 Å². The first-order chi connectivity index (χ1) is 6.76. The molecule has 1 saturated carbocycles. The molecule has 1 fully saturated rings. The standard InChI is InChI=1S/C14H21.2ClH.Zr/c1-12(2)14(10-6-3-7-11-14)13-8-4-5-9-13;;;/h4,8,12H,3,5-7,10-11H2,1-2H3;2*1H;/q-1;;;. The summed E-state index contributed by atoms with van der Waals surface area (Å²) in [6.45, 7) is 4.76. The third-order valence-electron chi connectivity index (χ3n) is 4.08. The molecule has 2 aliphatic carbocycles. The predicted molar refractivity (Wildman–Crippen MR) is 75.4 cm³/mol. The smallest absolute Gasteiger partial charge is 0 e. The zero-order valence-corrected chi connectivity index (χ0v) is 14.9. The van der Waals surface area contributed by atoms with E-state index in [1.54, 1.807) is 0 Å². The van der Waals surface area contributed by atoms with Gasteiger partial charge >= 0.3 is 0 Å². The molecule has 0 aliphatic heterocycles. The Balaban J connectivity index is 0. The summed E-state index contributed by atoms with van der Waals surface area (Å²) in [6, 6.07) is 0. The molecule has 2 aliphatic rings. The Hall–Kier alpha value is 0.943. The molecule has 0 saturated heterocycles. The number of hydrogen-bond donors (Lipinski definition) is 0. The molecule has 0 atom stereocenters. The summed E-state index contributed by atoms with van der Waals surface area (Å²) in [7, 11) is 0. The number of hydrogen-bond acceptors (Lipinski definition) is 0. The number of rotatable bonds is 2. The van der Waals surface area contributed by atoms with Gasteiger partial charge in [-0.3, -0.25) is 6.08 Å². The molecule has 0 aromatic heterocycles. The van der Waals surface area contributed by atoms with E-state index in [-0.39, 0.29) is 51.0 Å². The van der Waals surface area contributed by atoms with Gasteiger partial charge in [-0.2, -0.15) is 6.08 Å². The normalized spacial score (nSPS) is 21.0. The second kappa shape index (κ2) is 8.94. The van der Waals surface area contributed by atoms with Gasteiger partial charge in [0.1, 0.15) is 0 Å². The van der Waals surface area contributed by atoms with Crippen molar-refractivity contribution in [2.24, 2.45) is 11.3 Å². The van der Waals surface area contributed by atoms with Crippen LogP contribution in [0.5, 0.6) is 0 Å². The molecule has 0 unspecified atom stereocenters. The third-order valence-corrected chi connectivity index (χ3v) is 4.08. The molecule has 0 aromatic carbocycles. The van der Waals surface area contributed by atoms with Gasteiger partial charge in [0, 0.05) is 26.2 Å². The van der Waals surface area contributed by atoms with Crippen LogP contribution in [0, 0.1) is 17.4 Å². The van der Waals surface area contributed by atoms with E-state index in [0.717, 1.165) is 12.3 Å². The Morgan fingerprint density at radius 1 is 1.12 bits per heavy atom. The third kappa shape index (κ3) is 4.22. The molecule has 0 nitrogen and oxygen atoms in total. The van der Waals surface area contributed by atoms with Gasteiger partial charge in [0.15, 0.2) is 0 Å². The van der Waals surface area contributed by atoms with Crippen LogP contribution >= 0.6 is 24.8 Å². The van der Waals surface area contributed by atoms with Crippen molar-refractivity contribution >= 4 is 24.8 Å². The molecule has 2 rings (SSSR count). The van der Waals surface area contributed by atoms with Crippen molar-refractivity contribution in [2.45, 2.75) is 52.4 Å². The fraction of sp³-hybridized carbons (Fsp3) is 0.714. The first-order valence-corrected chi connectivity index (χ1v) is 6.03. The molecule has 0 radical (unpaired) electrons. The van der Waals surface area contributed by atoms with Crippen LogP contribution in [-0.2, 0) is 26.2 Å². The largest absolute Gasteiger partial charge is 0.269 e. The van der Waals surface area contributed by atoms with Crippen molar-refractivity contribution in [1.29, 1.82) is 0 Å². The molecule has 0 bridgehead atoms. The zero-order valence-electron chi connectivity index (χ0n) is 10.8. The molecule has 0 heterocycles. The van der Waals surface area contributed by atoms with E-state index >= 15 is 0 Å². The monoisotopic (exact) mass is 351 g/mol. The van der Waals surface area contributed by atoms with Crippen LogP contribution < -0.4 is 0 Å². The minimum atomic E-state index is 0. The molecular weight excluding hydrogens is 330 g/mol. The Bertz CT molecular complexity index is 263. The maximum atomic E-state index is 3.55. The van der Waals surface area contributed by atoms with Gasteiger partial charge < -0.3 is 0 Å². The summed E-state index contributed by atoms with van der Waals surface area (Å²) in [6.07, 6.45) is 16.2. The summed E-state index contributed by atoms with van der Waals surface area (Å²) in [5.74, 6) is 0.771. The Labute approximate surface area is 138 Å². The summed E-state index contributed by atoms with van der Waals surface area (Å²) >= 11 is 0. The van der Waals surface area contributed by atoms with Gasteiger partial charge in [-0.25, -0.2) is 11.6 Å². The number of allylic oxidation sites excluding steroid dienone is 4. The van der Waals surface area contributed by atoms with Gasteiger partial charge in [0.25, 0.3) is 0 Å². The molecule has 0 aromatic rings. The van der Waals surface area contributed by atoms with E-state index in [1.165, 1.54) is 37.7 Å². The van der Waals surface area contributed by atoms with Gasteiger partial charge in [0.05, 0.1) is 0 Å². The van der Waals surface area contributed by atoms with Crippen LogP contribution in [0.4, 0.5) is 0 Å². The van der Waals surface area contributed by atoms with Crippen molar-refractivity contribution in [2.75, 3.05) is 0 Å². The maximum Gasteiger partial charge on any atom is 0 e. The molecule has 0 spiro atoms. The minimum Gasteiger partial charge on any atom is -0.269 e. The zero-order chi connectivity index (χ0) is 10.0. The van der Waals surface area contributed by atoms with Crippen molar-refractivity contribution in [3.8, 4) is 0 Å². The van der Waals surface area contributed by atoms with E-state index in [0.29, 0.717) is 5.41 Å². The van der Waals surface area contributed by atoms with Crippen molar-refractivity contribution in [3.63, 3.8) is 0 Å². The van der Waals surface area contributed by atoms with E-state index in [1.807, 2.05) is 0 Å². The Morgan fingerprint density at radius 2 is 1.71 bits per heavy atom. The van der Waals surface area contributed by atoms with Crippen LogP contribution in [0.15, 0.2) is 17.7 Å². The van der Waals surface area contributed by atoms with E-state index in [2.05, 4.69) is 32.1 Å². The second-order valence-electron chi connectivity index (χ2n) is 5.07. The van der Waals surface area contributed by atoms with Gasteiger partial charge in [-0.1, -0.05) is 33.1 Å². The molecule has 0 N–H and O–H groups in total. The first kappa shape index (κ1) is 20.3. The fourth-order valence-corrected chi connectivity index (χ4v) is 3.09. The maximum absolute atomic E-state index is 3.55. The summed E-state index contributed by atoms with van der Waals surface area (Å²) < 4.78 is 0. The molecule has 3 heteroatoms. The Kier molecular flexibility index (Phi) is 10.7. The van der Waals surface area contributed by atoms with E-state index in [4.69, 9.17) is 0 Å². The van der Waals surface area contributed by atoms with E-state index < -0.39 is 0 Å². The number of halogens is 2. The molecule has 0 amide bonds. The van der Waals surface area contributed by atoms with E-state index in [9.17, 15) is 0 Å². The molecule has 98 valence electrons. The quantitative estimate of drug-likeness (QED) is 0.604. The van der Waals surface area contributed by atoms with Crippen molar-refractivity contribution < 1.29 is 26.2 Å². The van der Waals surface area contributed by atoms with Crippen molar-refractivity contribution in [3.05, 3.63) is 23.8 Å². The van der Waals surface area contributed by atoms with Crippen LogP contribution in [0.25, 0.3) is 0 Å². The Morgan fingerprint density at radius 3 is 2.12 bits per heavy atom.